The molecule has 0 aliphatic rings. The van der Waals surface area contributed by atoms with Crippen LogP contribution in [-0.4, -0.2) is 15.5 Å². The third-order valence-electron chi connectivity index (χ3n) is 0. The number of rotatable bonds is 0. The number of aliphatic hydroxyl groups excluding tert-OH is 1. The van der Waals surface area contributed by atoms with E-state index in [2.05, 4.69) is 0 Å². The fourth-order valence-corrected chi connectivity index (χ4v) is 0. The summed E-state index contributed by atoms with van der Waals surface area (Å²) in [6.07, 6.45) is 0. The van der Waals surface area contributed by atoms with E-state index in [0.29, 0.717) is 0 Å². The van der Waals surface area contributed by atoms with Gasteiger partial charge in [-0.15, -0.1) is 0 Å². The Morgan fingerprint density at radius 1 is 1.57 bits per heavy atom. The van der Waals surface area contributed by atoms with E-state index in [-0.39, 0.29) is 6.61 Å². The molecule has 0 saturated heterocycles. The first-order valence-corrected chi connectivity index (χ1v) is 5.25. The molecular weight excluding hydrogens is 272 g/mol. The van der Waals surface area contributed by atoms with Crippen molar-refractivity contribution in [3.05, 3.63) is 0 Å². The summed E-state index contributed by atoms with van der Waals surface area (Å²) in [5.41, 5.74) is 0. The molecule has 4 nitrogen and oxygen atoms in total. The SMILES string of the molecule is CCO.[O]=[W](=[O])[OH]. The molecule has 0 aliphatic carbocycles. The molecule has 0 unspecified atom stereocenters. The molecule has 0 aromatic heterocycles. The van der Waals surface area contributed by atoms with Crippen molar-refractivity contribution in [2.75, 3.05) is 6.61 Å². The molecule has 0 radical (unpaired) electrons. The monoisotopic (exact) mass is 279 g/mol. The van der Waals surface area contributed by atoms with Gasteiger partial charge in [0.1, 0.15) is 0 Å². The van der Waals surface area contributed by atoms with Crippen molar-refractivity contribution in [2.45, 2.75) is 6.92 Å². The van der Waals surface area contributed by atoms with Crippen LogP contribution in [0.15, 0.2) is 0 Å². The van der Waals surface area contributed by atoms with Gasteiger partial charge in [0.05, 0.1) is 0 Å². The van der Waals surface area contributed by atoms with Gasteiger partial charge in [-0.05, 0) is 6.92 Å². The van der Waals surface area contributed by atoms with Gasteiger partial charge < -0.3 is 5.11 Å². The van der Waals surface area contributed by atoms with Crippen LogP contribution in [0, 0.1) is 0 Å². The quantitative estimate of drug-likeness (QED) is 0.609. The minimum absolute atomic E-state index is 0.250. The van der Waals surface area contributed by atoms with E-state index in [1.54, 1.807) is 6.92 Å². The van der Waals surface area contributed by atoms with Gasteiger partial charge in [-0.25, -0.2) is 0 Å². The molecule has 0 spiro atoms. The molecule has 0 saturated carbocycles. The molecular formula is C2H7O4W. The fraction of sp³-hybridized carbons (Fsp3) is 1.00. The Hall–Kier alpha value is 0.208. The van der Waals surface area contributed by atoms with Gasteiger partial charge in [0.25, 0.3) is 0 Å². The molecule has 5 heteroatoms. The average molecular weight is 279 g/mol. The van der Waals surface area contributed by atoms with Crippen LogP contribution in [0.1, 0.15) is 6.92 Å². The van der Waals surface area contributed by atoms with Crippen molar-refractivity contribution in [3.63, 3.8) is 0 Å². The van der Waals surface area contributed by atoms with Crippen LogP contribution in [0.3, 0.4) is 0 Å². The number of hydrogen-bond acceptors (Lipinski definition) is 3. The first-order valence-electron chi connectivity index (χ1n) is 1.54. The molecule has 7 heavy (non-hydrogen) atoms. The third-order valence-corrected chi connectivity index (χ3v) is 0. The number of hydrogen-bond donors (Lipinski definition) is 2. The van der Waals surface area contributed by atoms with Gasteiger partial charge in [0.2, 0.25) is 0 Å². The Bertz CT molecular complexity index is 67.8. The first kappa shape index (κ1) is 10.2. The average Bonchev–Trinajstić information content (AvgIpc) is 1.33. The Morgan fingerprint density at radius 2 is 1.57 bits per heavy atom. The zero-order valence-corrected chi connectivity index (χ0v) is 6.76. The predicted molar refractivity (Wildman–Crippen MR) is 16.4 cm³/mol. The third kappa shape index (κ3) is 2530. The van der Waals surface area contributed by atoms with E-state index in [1.165, 1.54) is 0 Å². The summed E-state index contributed by atoms with van der Waals surface area (Å²) >= 11 is -4.03. The second-order valence-corrected chi connectivity index (χ2v) is 2.09. The molecule has 0 amide bonds. The maximum atomic E-state index is 8.72. The molecule has 0 heterocycles. The van der Waals surface area contributed by atoms with Crippen molar-refractivity contribution in [1.82, 2.24) is 0 Å². The molecule has 0 aromatic rings. The van der Waals surface area contributed by atoms with Crippen LogP contribution in [0.4, 0.5) is 0 Å². The van der Waals surface area contributed by atoms with Crippen LogP contribution >= 0.6 is 0 Å². The van der Waals surface area contributed by atoms with E-state index in [0.717, 1.165) is 0 Å². The van der Waals surface area contributed by atoms with Gasteiger partial charge in [0.15, 0.2) is 0 Å². The topological polar surface area (TPSA) is 74.6 Å². The van der Waals surface area contributed by atoms with Gasteiger partial charge in [-0.1, -0.05) is 0 Å². The van der Waals surface area contributed by atoms with Crippen LogP contribution in [-0.2, 0) is 24.4 Å². The van der Waals surface area contributed by atoms with Crippen LogP contribution < -0.4 is 0 Å². The summed E-state index contributed by atoms with van der Waals surface area (Å²) in [6.45, 7) is 1.93. The van der Waals surface area contributed by atoms with Gasteiger partial charge in [-0.3, -0.25) is 0 Å². The van der Waals surface area contributed by atoms with Crippen molar-refractivity contribution < 1.29 is 33.3 Å². The van der Waals surface area contributed by atoms with E-state index in [4.69, 9.17) is 15.7 Å². The molecule has 0 rings (SSSR count). The Labute approximate surface area is 47.4 Å². The van der Waals surface area contributed by atoms with Gasteiger partial charge in [0, 0.05) is 6.61 Å². The molecule has 0 bridgehead atoms. The second kappa shape index (κ2) is 9.51. The predicted octanol–water partition coefficient (Wildman–Crippen LogP) is -0.798. The Kier molecular flexibility index (Phi) is 13.9. The first-order chi connectivity index (χ1) is 3.15. The second-order valence-electron chi connectivity index (χ2n) is 0.533. The van der Waals surface area contributed by atoms with Crippen LogP contribution in [0.2, 0.25) is 0 Å². The summed E-state index contributed by atoms with van der Waals surface area (Å²) in [5, 5.41) is 7.57. The molecule has 0 atom stereocenters. The van der Waals surface area contributed by atoms with E-state index in [9.17, 15) is 0 Å². The van der Waals surface area contributed by atoms with Crippen molar-refractivity contribution in [2.24, 2.45) is 0 Å². The molecule has 0 aromatic carbocycles. The fourth-order valence-electron chi connectivity index (χ4n) is 0. The number of aliphatic hydroxyl groups is 1. The normalized spacial score (nSPS) is 6.14. The minimum atomic E-state index is -4.03. The molecule has 0 aliphatic heterocycles. The summed E-state index contributed by atoms with van der Waals surface area (Å²) in [5.74, 6) is 0. The maximum absolute atomic E-state index is 8.72. The Balaban J connectivity index is 0. The van der Waals surface area contributed by atoms with Gasteiger partial charge in [-0.2, -0.15) is 0 Å². The summed E-state index contributed by atoms with van der Waals surface area (Å²) in [4.78, 5) is 0. The summed E-state index contributed by atoms with van der Waals surface area (Å²) < 4.78 is 24.6. The Morgan fingerprint density at radius 3 is 1.57 bits per heavy atom. The van der Waals surface area contributed by atoms with Crippen molar-refractivity contribution in [3.8, 4) is 0 Å². The van der Waals surface area contributed by atoms with Crippen LogP contribution in [0.5, 0.6) is 0 Å². The van der Waals surface area contributed by atoms with Gasteiger partial charge >= 0.3 is 28.2 Å². The standard InChI is InChI=1S/C2H6O.H2O.2O.W/c1-2-3;;;;/h3H,2H2,1H3;1H2;;;/q;;;;+1/p-1. The van der Waals surface area contributed by atoms with E-state index < -0.39 is 17.6 Å². The van der Waals surface area contributed by atoms with E-state index >= 15 is 0 Å². The molecule has 45 valence electrons. The van der Waals surface area contributed by atoms with Crippen molar-refractivity contribution in [1.29, 1.82) is 0 Å². The summed E-state index contributed by atoms with van der Waals surface area (Å²) in [7, 11) is 0. The zero-order valence-electron chi connectivity index (χ0n) is 3.83. The van der Waals surface area contributed by atoms with E-state index in [1.807, 2.05) is 0 Å². The summed E-state index contributed by atoms with van der Waals surface area (Å²) in [6, 6.07) is 0. The molecule has 2 N–H and O–H groups in total. The zero-order chi connectivity index (χ0) is 6.28. The van der Waals surface area contributed by atoms with Crippen LogP contribution in [0.25, 0.3) is 0 Å². The van der Waals surface area contributed by atoms with Crippen molar-refractivity contribution >= 4 is 0 Å². The molecule has 0 fully saturated rings.